The maximum atomic E-state index is 6.16. The Hall–Kier alpha value is -1.02. The van der Waals surface area contributed by atoms with Crippen LogP contribution in [0.3, 0.4) is 0 Å². The minimum Gasteiger partial charge on any atom is -0.371 e. The van der Waals surface area contributed by atoms with Crippen LogP contribution in [0.15, 0.2) is 24.3 Å². The Morgan fingerprint density at radius 3 is 2.47 bits per heavy atom. The molecule has 1 aliphatic rings. The molecule has 0 aliphatic heterocycles. The third-order valence-electron chi connectivity index (χ3n) is 3.95. The van der Waals surface area contributed by atoms with Crippen molar-refractivity contribution < 1.29 is 0 Å². The minimum absolute atomic E-state index is 0.412. The van der Waals surface area contributed by atoms with E-state index in [9.17, 15) is 0 Å². The smallest absolute Gasteiger partial charge is 0.0366 e. The van der Waals surface area contributed by atoms with Crippen LogP contribution in [0.1, 0.15) is 31.7 Å². The summed E-state index contributed by atoms with van der Waals surface area (Å²) in [6.07, 6.45) is 3.80. The summed E-state index contributed by atoms with van der Waals surface area (Å²) >= 11 is 0. The highest BCUT2D eigenvalue weighted by Gasteiger charge is 2.25. The van der Waals surface area contributed by atoms with Crippen molar-refractivity contribution in [2.45, 2.75) is 39.2 Å². The molecule has 0 aromatic heterocycles. The lowest BCUT2D eigenvalue weighted by molar-refractivity contribution is 0.475. The molecule has 2 heteroatoms. The second-order valence-electron chi connectivity index (χ2n) is 5.23. The number of hydrogen-bond acceptors (Lipinski definition) is 2. The van der Waals surface area contributed by atoms with Gasteiger partial charge in [-0.1, -0.05) is 24.1 Å². The zero-order chi connectivity index (χ0) is 12.3. The van der Waals surface area contributed by atoms with E-state index in [1.54, 1.807) is 0 Å². The van der Waals surface area contributed by atoms with E-state index in [0.717, 1.165) is 13.1 Å². The Balaban J connectivity index is 2.03. The number of aryl methyl sites for hydroxylation is 1. The van der Waals surface area contributed by atoms with Crippen LogP contribution in [-0.4, -0.2) is 19.1 Å². The fourth-order valence-corrected chi connectivity index (χ4v) is 2.75. The Morgan fingerprint density at radius 1 is 1.24 bits per heavy atom. The quantitative estimate of drug-likeness (QED) is 0.865. The van der Waals surface area contributed by atoms with Gasteiger partial charge in [0.05, 0.1) is 0 Å². The number of nitrogens with zero attached hydrogens (tertiary/aromatic N) is 1. The predicted octanol–water partition coefficient (Wildman–Crippen LogP) is 2.95. The van der Waals surface area contributed by atoms with Crippen LogP contribution in [0.2, 0.25) is 0 Å². The van der Waals surface area contributed by atoms with Crippen LogP contribution in [0.5, 0.6) is 0 Å². The molecule has 1 fully saturated rings. The zero-order valence-corrected chi connectivity index (χ0v) is 11.0. The molecule has 1 saturated carbocycles. The molecule has 1 aromatic carbocycles. The van der Waals surface area contributed by atoms with Crippen LogP contribution in [-0.2, 0) is 0 Å². The molecule has 0 saturated heterocycles. The van der Waals surface area contributed by atoms with Gasteiger partial charge in [-0.25, -0.2) is 0 Å². The molecule has 0 radical (unpaired) electrons. The van der Waals surface area contributed by atoms with Gasteiger partial charge in [0.2, 0.25) is 0 Å². The standard InChI is InChI=1S/C15H24N2/c1-3-17(11-13-5-4-6-15(13)16)14-9-7-12(2)8-10-14/h7-10,13,15H,3-6,11,16H2,1-2H3. The maximum absolute atomic E-state index is 6.16. The summed E-state index contributed by atoms with van der Waals surface area (Å²) in [4.78, 5) is 2.45. The molecule has 0 bridgehead atoms. The van der Waals surface area contributed by atoms with Gasteiger partial charge in [0.1, 0.15) is 0 Å². The van der Waals surface area contributed by atoms with Gasteiger partial charge in [-0.15, -0.1) is 0 Å². The molecule has 0 heterocycles. The van der Waals surface area contributed by atoms with Gasteiger partial charge >= 0.3 is 0 Å². The van der Waals surface area contributed by atoms with E-state index in [-0.39, 0.29) is 0 Å². The summed E-state index contributed by atoms with van der Waals surface area (Å²) in [5.74, 6) is 0.677. The first kappa shape index (κ1) is 12.4. The third kappa shape index (κ3) is 3.01. The van der Waals surface area contributed by atoms with Crippen LogP contribution in [0.4, 0.5) is 5.69 Å². The number of nitrogens with two attached hydrogens (primary N) is 1. The first-order valence-electron chi connectivity index (χ1n) is 6.78. The normalized spacial score (nSPS) is 23.9. The van der Waals surface area contributed by atoms with Crippen molar-refractivity contribution in [2.24, 2.45) is 11.7 Å². The highest BCUT2D eigenvalue weighted by atomic mass is 15.1. The molecule has 2 nitrogen and oxygen atoms in total. The highest BCUT2D eigenvalue weighted by Crippen LogP contribution is 2.26. The topological polar surface area (TPSA) is 29.3 Å². The zero-order valence-electron chi connectivity index (χ0n) is 11.0. The SMILES string of the molecule is CCN(CC1CCCC1N)c1ccc(C)cc1. The summed E-state index contributed by atoms with van der Waals surface area (Å²) in [7, 11) is 0. The lowest BCUT2D eigenvalue weighted by Crippen LogP contribution is -2.36. The van der Waals surface area contributed by atoms with Crippen molar-refractivity contribution in [1.82, 2.24) is 0 Å². The molecule has 2 unspecified atom stereocenters. The lowest BCUT2D eigenvalue weighted by Gasteiger charge is -2.28. The molecule has 1 aliphatic carbocycles. The third-order valence-corrected chi connectivity index (χ3v) is 3.95. The second kappa shape index (κ2) is 5.54. The maximum Gasteiger partial charge on any atom is 0.0366 e. The van der Waals surface area contributed by atoms with Crippen molar-refractivity contribution >= 4 is 5.69 Å². The first-order chi connectivity index (χ1) is 8.20. The molecule has 2 rings (SSSR count). The summed E-state index contributed by atoms with van der Waals surface area (Å²) < 4.78 is 0. The van der Waals surface area contributed by atoms with Crippen molar-refractivity contribution in [1.29, 1.82) is 0 Å². The van der Waals surface area contributed by atoms with E-state index in [0.29, 0.717) is 12.0 Å². The van der Waals surface area contributed by atoms with Crippen LogP contribution in [0.25, 0.3) is 0 Å². The van der Waals surface area contributed by atoms with Gasteiger partial charge in [-0.3, -0.25) is 0 Å². The van der Waals surface area contributed by atoms with Gasteiger partial charge in [-0.2, -0.15) is 0 Å². The molecule has 1 aromatic rings. The predicted molar refractivity (Wildman–Crippen MR) is 74.4 cm³/mol. The fourth-order valence-electron chi connectivity index (χ4n) is 2.75. The minimum atomic E-state index is 0.412. The Labute approximate surface area is 105 Å². The molecule has 2 N–H and O–H groups in total. The monoisotopic (exact) mass is 232 g/mol. The van der Waals surface area contributed by atoms with E-state index < -0.39 is 0 Å². The van der Waals surface area contributed by atoms with Crippen molar-refractivity contribution in [3.05, 3.63) is 29.8 Å². The van der Waals surface area contributed by atoms with Gasteiger partial charge in [0.15, 0.2) is 0 Å². The van der Waals surface area contributed by atoms with Crippen LogP contribution >= 0.6 is 0 Å². The van der Waals surface area contributed by atoms with Crippen molar-refractivity contribution in [3.8, 4) is 0 Å². The lowest BCUT2D eigenvalue weighted by atomic mass is 10.0. The van der Waals surface area contributed by atoms with Gasteiger partial charge in [0, 0.05) is 24.8 Å². The van der Waals surface area contributed by atoms with E-state index in [1.165, 1.54) is 30.5 Å². The fraction of sp³-hybridized carbons (Fsp3) is 0.600. The van der Waals surface area contributed by atoms with E-state index >= 15 is 0 Å². The van der Waals surface area contributed by atoms with E-state index in [1.807, 2.05) is 0 Å². The first-order valence-corrected chi connectivity index (χ1v) is 6.78. The van der Waals surface area contributed by atoms with Gasteiger partial charge < -0.3 is 10.6 Å². The summed E-state index contributed by atoms with van der Waals surface area (Å²) in [5, 5.41) is 0. The molecule has 0 amide bonds. The summed E-state index contributed by atoms with van der Waals surface area (Å²) in [6.45, 7) is 6.53. The number of hydrogen-bond donors (Lipinski definition) is 1. The Kier molecular flexibility index (Phi) is 4.06. The van der Waals surface area contributed by atoms with E-state index in [4.69, 9.17) is 5.73 Å². The van der Waals surface area contributed by atoms with Crippen molar-refractivity contribution in [2.75, 3.05) is 18.0 Å². The van der Waals surface area contributed by atoms with Crippen LogP contribution in [0, 0.1) is 12.8 Å². The van der Waals surface area contributed by atoms with Crippen LogP contribution < -0.4 is 10.6 Å². The molecule has 2 atom stereocenters. The number of anilines is 1. The highest BCUT2D eigenvalue weighted by molar-refractivity contribution is 5.47. The summed E-state index contributed by atoms with van der Waals surface area (Å²) in [6, 6.07) is 9.23. The number of rotatable bonds is 4. The molecule has 0 spiro atoms. The van der Waals surface area contributed by atoms with Gasteiger partial charge in [-0.05, 0) is 44.7 Å². The van der Waals surface area contributed by atoms with Crippen molar-refractivity contribution in [3.63, 3.8) is 0 Å². The van der Waals surface area contributed by atoms with E-state index in [2.05, 4.69) is 43.0 Å². The molecular formula is C15H24N2. The summed E-state index contributed by atoms with van der Waals surface area (Å²) in [5.41, 5.74) is 8.81. The van der Waals surface area contributed by atoms with Gasteiger partial charge in [0.25, 0.3) is 0 Å². The largest absolute Gasteiger partial charge is 0.371 e. The molecular weight excluding hydrogens is 208 g/mol. The average Bonchev–Trinajstić information content (AvgIpc) is 2.73. The molecule has 94 valence electrons. The Morgan fingerprint density at radius 2 is 1.94 bits per heavy atom. The number of benzene rings is 1. The average molecular weight is 232 g/mol. The molecule has 17 heavy (non-hydrogen) atoms. The Bertz CT molecular complexity index is 344. The second-order valence-corrected chi connectivity index (χ2v) is 5.23.